The minimum Gasteiger partial charge on any atom is -0.497 e. The molecule has 2 aromatic heterocycles. The summed E-state index contributed by atoms with van der Waals surface area (Å²) in [5.74, 6) is 1.21. The van der Waals surface area contributed by atoms with E-state index < -0.39 is 37.6 Å². The van der Waals surface area contributed by atoms with Crippen LogP contribution in [0.1, 0.15) is 22.8 Å². The van der Waals surface area contributed by atoms with E-state index in [-0.39, 0.29) is 0 Å². The number of thiazole rings is 1. The van der Waals surface area contributed by atoms with Crippen molar-refractivity contribution >= 4 is 46.1 Å². The molecular formula is C20H25N9O7S2. The molecule has 0 aliphatic rings. The molecule has 0 radical (unpaired) electrons. The lowest BCUT2D eigenvalue weighted by atomic mass is 10.2. The molecule has 3 aromatic rings. The molecule has 5 N–H and O–H groups in total. The minimum absolute atomic E-state index is 0.447. The smallest absolute Gasteiger partial charge is 0.324 e. The molecule has 3 rings (SSSR count). The molecule has 16 nitrogen and oxygen atoms in total. The molecule has 0 aliphatic heterocycles. The van der Waals surface area contributed by atoms with E-state index in [0.717, 1.165) is 53.8 Å². The number of phenols is 1. The van der Waals surface area contributed by atoms with Gasteiger partial charge in [-0.15, -0.1) is 11.3 Å². The number of H-pyrrole nitrogens is 1. The van der Waals surface area contributed by atoms with Gasteiger partial charge in [-0.2, -0.15) is 11.8 Å². The summed E-state index contributed by atoms with van der Waals surface area (Å²) in [7, 11) is 0. The van der Waals surface area contributed by atoms with Gasteiger partial charge in [-0.25, -0.2) is 9.97 Å². The summed E-state index contributed by atoms with van der Waals surface area (Å²) < 4.78 is 0. The van der Waals surface area contributed by atoms with Crippen molar-refractivity contribution in [3.63, 3.8) is 0 Å². The normalized spacial score (nSPS) is 10.9. The Bertz CT molecular complexity index is 1230. The number of thioether (sulfide) groups is 1. The third kappa shape index (κ3) is 9.62. The van der Waals surface area contributed by atoms with Crippen LogP contribution in [0.2, 0.25) is 0 Å². The number of imidazole rings is 1. The number of aromatic amines is 1. The molecule has 2 heterocycles. The second-order valence-electron chi connectivity index (χ2n) is 7.35. The van der Waals surface area contributed by atoms with E-state index in [9.17, 15) is 30.3 Å². The number of non-ortho nitro benzene ring substituents is 1. The highest BCUT2D eigenvalue weighted by atomic mass is 32.2. The number of nitrogens with one attached hydrogen (secondary N) is 2. The Labute approximate surface area is 223 Å². The number of nitrogens with two attached hydrogens (primary N) is 1. The van der Waals surface area contributed by atoms with Crippen molar-refractivity contribution < 1.29 is 19.9 Å². The van der Waals surface area contributed by atoms with E-state index in [1.54, 1.807) is 17.7 Å². The third-order valence-corrected chi connectivity index (χ3v) is 6.51. The summed E-state index contributed by atoms with van der Waals surface area (Å²) in [5, 5.41) is 46.5. The number of hydrogen-bond donors (Lipinski definition) is 4. The number of nitro groups is 3. The molecule has 0 atom stereocenters. The first kappa shape index (κ1) is 29.9. The highest BCUT2D eigenvalue weighted by molar-refractivity contribution is 7.98. The maximum absolute atomic E-state index is 10.4. The number of benzene rings is 1. The number of aromatic nitrogens is 3. The van der Waals surface area contributed by atoms with Crippen LogP contribution in [0.5, 0.6) is 5.75 Å². The number of aliphatic imine (C=N–C) groups is 1. The number of guanidine groups is 1. The van der Waals surface area contributed by atoms with Crippen LogP contribution in [0.25, 0.3) is 0 Å². The summed E-state index contributed by atoms with van der Waals surface area (Å²) in [4.78, 5) is 43.7. The summed E-state index contributed by atoms with van der Waals surface area (Å²) in [6.07, 6.45) is 5.51. The molecule has 0 fully saturated rings. The van der Waals surface area contributed by atoms with Gasteiger partial charge in [0.05, 0.1) is 43.9 Å². The Kier molecular flexibility index (Phi) is 11.8. The predicted octanol–water partition coefficient (Wildman–Crippen LogP) is 3.06. The molecular weight excluding hydrogens is 542 g/mol. The van der Waals surface area contributed by atoms with Crippen molar-refractivity contribution in [3.8, 4) is 5.75 Å². The Balaban J connectivity index is 0.000000281. The van der Waals surface area contributed by atoms with Gasteiger partial charge >= 0.3 is 11.4 Å². The maximum Gasteiger partial charge on any atom is 0.324 e. The van der Waals surface area contributed by atoms with E-state index in [0.29, 0.717) is 18.1 Å². The van der Waals surface area contributed by atoms with Crippen LogP contribution in [0.15, 0.2) is 35.0 Å². The lowest BCUT2D eigenvalue weighted by Crippen LogP contribution is -2.33. The van der Waals surface area contributed by atoms with Crippen molar-refractivity contribution in [1.29, 1.82) is 0 Å². The number of nitrogens with zero attached hydrogens (tertiary/aromatic N) is 6. The van der Waals surface area contributed by atoms with E-state index in [2.05, 4.69) is 25.3 Å². The van der Waals surface area contributed by atoms with Crippen LogP contribution >= 0.6 is 23.1 Å². The molecule has 0 saturated heterocycles. The number of nitro benzene ring substituents is 3. The Morgan fingerprint density at radius 3 is 2.39 bits per heavy atom. The van der Waals surface area contributed by atoms with Gasteiger partial charge in [-0.05, 0) is 13.3 Å². The molecule has 0 aliphatic carbocycles. The van der Waals surface area contributed by atoms with Crippen molar-refractivity contribution in [2.45, 2.75) is 25.5 Å². The third-order valence-electron chi connectivity index (χ3n) is 4.70. The number of aromatic hydroxyl groups is 1. The fraction of sp³-hybridized carbons (Fsp3) is 0.350. The molecule has 0 unspecified atom stereocenters. The van der Waals surface area contributed by atoms with Gasteiger partial charge in [0.25, 0.3) is 11.4 Å². The van der Waals surface area contributed by atoms with Crippen LogP contribution in [-0.4, -0.2) is 59.6 Å². The molecule has 18 heteroatoms. The van der Waals surface area contributed by atoms with Crippen molar-refractivity contribution in [3.05, 3.63) is 76.8 Å². The van der Waals surface area contributed by atoms with Gasteiger partial charge in [0, 0.05) is 48.3 Å². The summed E-state index contributed by atoms with van der Waals surface area (Å²) in [6, 6.07) is 0.894. The number of hydrogen-bond acceptors (Lipinski definition) is 12. The summed E-state index contributed by atoms with van der Waals surface area (Å²) in [6.45, 7) is 3.59. The van der Waals surface area contributed by atoms with Gasteiger partial charge in [-0.3, -0.25) is 35.3 Å². The zero-order chi connectivity index (χ0) is 28.1. The predicted molar refractivity (Wildman–Crippen MR) is 142 cm³/mol. The lowest BCUT2D eigenvalue weighted by Gasteiger charge is -2.05. The number of aryl methyl sites for hydroxylation is 2. The SMILES string of the molecule is Cc1[nH]cnc1CSCCNC(N)=NCCCc1nccs1.O=[N+]([O-])c1cc([N+](=O)[O-])c(O)c([N+](=O)[O-])c1. The van der Waals surface area contributed by atoms with E-state index >= 15 is 0 Å². The molecule has 0 bridgehead atoms. The Morgan fingerprint density at radius 1 is 1.18 bits per heavy atom. The highest BCUT2D eigenvalue weighted by Gasteiger charge is 2.30. The van der Waals surface area contributed by atoms with E-state index in [4.69, 9.17) is 10.8 Å². The van der Waals surface area contributed by atoms with E-state index in [1.807, 2.05) is 30.3 Å². The monoisotopic (exact) mass is 567 g/mol. The largest absolute Gasteiger partial charge is 0.497 e. The second-order valence-corrected chi connectivity index (χ2v) is 9.44. The van der Waals surface area contributed by atoms with Crippen molar-refractivity contribution in [1.82, 2.24) is 20.3 Å². The van der Waals surface area contributed by atoms with Crippen LogP contribution < -0.4 is 11.1 Å². The average Bonchev–Trinajstić information content (AvgIpc) is 3.53. The van der Waals surface area contributed by atoms with Crippen LogP contribution in [0.4, 0.5) is 17.1 Å². The number of phenolic OH excluding ortho intramolecular Hbond substituents is 1. The quantitative estimate of drug-likeness (QED) is 0.0811. The first-order chi connectivity index (χ1) is 18.1. The first-order valence-electron chi connectivity index (χ1n) is 10.9. The van der Waals surface area contributed by atoms with Gasteiger partial charge in [0.1, 0.15) is 0 Å². The van der Waals surface area contributed by atoms with Crippen LogP contribution in [0, 0.1) is 37.3 Å². The minimum atomic E-state index is -1.21. The Hall–Kier alpha value is -4.32. The molecule has 38 heavy (non-hydrogen) atoms. The maximum atomic E-state index is 10.4. The van der Waals surface area contributed by atoms with Gasteiger partial charge in [0.15, 0.2) is 5.96 Å². The van der Waals surface area contributed by atoms with Crippen LogP contribution in [-0.2, 0) is 12.2 Å². The number of rotatable bonds is 12. The first-order valence-corrected chi connectivity index (χ1v) is 12.9. The van der Waals surface area contributed by atoms with Gasteiger partial charge < -0.3 is 21.1 Å². The zero-order valence-corrected chi connectivity index (χ0v) is 21.7. The topological polar surface area (TPSA) is 242 Å². The Morgan fingerprint density at radius 2 is 1.87 bits per heavy atom. The fourth-order valence-electron chi connectivity index (χ4n) is 2.79. The highest BCUT2D eigenvalue weighted by Crippen LogP contribution is 2.38. The fourth-order valence-corrected chi connectivity index (χ4v) is 4.33. The van der Waals surface area contributed by atoms with Crippen molar-refractivity contribution in [2.24, 2.45) is 10.7 Å². The molecule has 0 amide bonds. The second kappa shape index (κ2) is 15.1. The molecule has 1 aromatic carbocycles. The summed E-state index contributed by atoms with van der Waals surface area (Å²) in [5.41, 5.74) is 5.09. The average molecular weight is 568 g/mol. The molecule has 0 saturated carbocycles. The van der Waals surface area contributed by atoms with Gasteiger partial charge in [-0.1, -0.05) is 0 Å². The summed E-state index contributed by atoms with van der Waals surface area (Å²) >= 11 is 3.52. The zero-order valence-electron chi connectivity index (χ0n) is 20.1. The van der Waals surface area contributed by atoms with E-state index in [1.165, 1.54) is 0 Å². The van der Waals surface area contributed by atoms with Crippen molar-refractivity contribution in [2.75, 3.05) is 18.8 Å². The standard InChI is InChI=1S/C14H22N6S2.C6H3N3O7/c1-11-12(20-10-19-11)9-21-7-5-18-14(15)17-4-2-3-13-16-6-8-22-13;10-6-4(8(13)14)1-3(7(11)12)2-5(6)9(15)16/h6,8,10H,2-5,7,9H2,1H3,(H,19,20)(H3,15,17,18);1-2,10H. The van der Waals surface area contributed by atoms with Crippen LogP contribution in [0.3, 0.4) is 0 Å². The molecule has 0 spiro atoms. The van der Waals surface area contributed by atoms with Gasteiger partial charge in [0.2, 0.25) is 0 Å². The molecule has 204 valence electrons. The lowest BCUT2D eigenvalue weighted by molar-refractivity contribution is -0.404.